The molecule has 0 unspecified atom stereocenters. The second-order valence-corrected chi connectivity index (χ2v) is 4.30. The van der Waals surface area contributed by atoms with E-state index < -0.39 is 7.32 Å². The lowest BCUT2D eigenvalue weighted by atomic mass is 10.2. The Kier molecular flexibility index (Phi) is 3.21. The summed E-state index contributed by atoms with van der Waals surface area (Å²) in [5.41, 5.74) is 1.86. The molecule has 0 aliphatic carbocycles. The van der Waals surface area contributed by atoms with Gasteiger partial charge in [0, 0.05) is 5.56 Å². The van der Waals surface area contributed by atoms with Gasteiger partial charge in [-0.1, -0.05) is 49.6 Å². The number of rotatable bonds is 4. The Morgan fingerprint density at radius 1 is 1.00 bits per heavy atom. The molecule has 98 valence electrons. The third-order valence-corrected chi connectivity index (χ3v) is 2.99. The van der Waals surface area contributed by atoms with E-state index in [0.717, 1.165) is 11.1 Å². The van der Waals surface area contributed by atoms with Crippen LogP contribution in [0, 0.1) is 0 Å². The van der Waals surface area contributed by atoms with Crippen molar-refractivity contribution in [3.8, 4) is 17.2 Å². The van der Waals surface area contributed by atoms with E-state index in [-0.39, 0.29) is 0 Å². The van der Waals surface area contributed by atoms with Gasteiger partial charge in [-0.3, -0.25) is 0 Å². The molecule has 1 aliphatic rings. The van der Waals surface area contributed by atoms with Crippen LogP contribution in [-0.4, -0.2) is 7.32 Å². The van der Waals surface area contributed by atoms with Gasteiger partial charge in [0.05, 0.1) is 0 Å². The molecule has 2 aromatic carbocycles. The molecule has 1 heterocycles. The Balaban J connectivity index is 1.78. The van der Waals surface area contributed by atoms with Crippen LogP contribution in [0.4, 0.5) is 0 Å². The van der Waals surface area contributed by atoms with Crippen LogP contribution in [0.1, 0.15) is 11.1 Å². The SMILES string of the molecule is C=Cc1cccc(OB2Oc3cccc(C=C)c3O2)c1. The fourth-order valence-corrected chi connectivity index (χ4v) is 2.01. The first-order chi connectivity index (χ1) is 9.80. The molecule has 20 heavy (non-hydrogen) atoms. The van der Waals surface area contributed by atoms with Crippen molar-refractivity contribution in [2.45, 2.75) is 0 Å². The summed E-state index contributed by atoms with van der Waals surface area (Å²) in [5.74, 6) is 1.99. The summed E-state index contributed by atoms with van der Waals surface area (Å²) in [7, 11) is -0.786. The van der Waals surface area contributed by atoms with E-state index in [1.54, 1.807) is 12.2 Å². The summed E-state index contributed by atoms with van der Waals surface area (Å²) in [6, 6.07) is 13.2. The van der Waals surface area contributed by atoms with E-state index in [9.17, 15) is 0 Å². The van der Waals surface area contributed by atoms with E-state index >= 15 is 0 Å². The van der Waals surface area contributed by atoms with Crippen LogP contribution in [0.25, 0.3) is 12.2 Å². The smallest absolute Gasteiger partial charge is 0.490 e. The Morgan fingerprint density at radius 3 is 2.65 bits per heavy atom. The highest BCUT2D eigenvalue weighted by Crippen LogP contribution is 2.37. The number of benzene rings is 2. The zero-order valence-electron chi connectivity index (χ0n) is 10.9. The molecular weight excluding hydrogens is 251 g/mol. The molecule has 4 heteroatoms. The summed E-state index contributed by atoms with van der Waals surface area (Å²) in [4.78, 5) is 0. The lowest BCUT2D eigenvalue weighted by Crippen LogP contribution is -2.32. The van der Waals surface area contributed by atoms with E-state index in [1.807, 2.05) is 42.5 Å². The van der Waals surface area contributed by atoms with E-state index in [2.05, 4.69) is 13.2 Å². The predicted octanol–water partition coefficient (Wildman–Crippen LogP) is 3.81. The second kappa shape index (κ2) is 5.17. The molecule has 1 aliphatic heterocycles. The van der Waals surface area contributed by atoms with Gasteiger partial charge in [0.2, 0.25) is 0 Å². The molecule has 0 saturated carbocycles. The van der Waals surface area contributed by atoms with Crippen molar-refractivity contribution in [2.24, 2.45) is 0 Å². The monoisotopic (exact) mass is 264 g/mol. The van der Waals surface area contributed by atoms with Crippen LogP contribution in [0.2, 0.25) is 0 Å². The van der Waals surface area contributed by atoms with Gasteiger partial charge in [0.25, 0.3) is 0 Å². The van der Waals surface area contributed by atoms with Crippen LogP contribution in [0.15, 0.2) is 55.6 Å². The van der Waals surface area contributed by atoms with Crippen molar-refractivity contribution in [2.75, 3.05) is 0 Å². The predicted molar refractivity (Wildman–Crippen MR) is 80.7 cm³/mol. The minimum absolute atomic E-state index is 0.660. The fraction of sp³-hybridized carbons (Fsp3) is 0. The van der Waals surface area contributed by atoms with E-state index in [0.29, 0.717) is 17.2 Å². The van der Waals surface area contributed by atoms with Crippen molar-refractivity contribution < 1.29 is 14.0 Å². The van der Waals surface area contributed by atoms with Gasteiger partial charge in [-0.15, -0.1) is 0 Å². The quantitative estimate of drug-likeness (QED) is 0.786. The molecule has 3 rings (SSSR count). The highest BCUT2D eigenvalue weighted by atomic mass is 16.8. The number of fused-ring (bicyclic) bond motifs is 1. The minimum Gasteiger partial charge on any atom is -0.490 e. The molecule has 2 aromatic rings. The first-order valence-electron chi connectivity index (χ1n) is 6.28. The van der Waals surface area contributed by atoms with Gasteiger partial charge in [-0.05, 0) is 23.8 Å². The second-order valence-electron chi connectivity index (χ2n) is 4.30. The third kappa shape index (κ3) is 2.28. The Hall–Kier alpha value is -2.62. The average Bonchev–Trinajstić information content (AvgIpc) is 2.89. The molecule has 3 nitrogen and oxygen atoms in total. The highest BCUT2D eigenvalue weighted by Gasteiger charge is 2.38. The first kappa shape index (κ1) is 12.4. The van der Waals surface area contributed by atoms with Gasteiger partial charge in [0.15, 0.2) is 5.75 Å². The zero-order valence-corrected chi connectivity index (χ0v) is 10.9. The summed E-state index contributed by atoms with van der Waals surface area (Å²) in [6.45, 7) is 7.48. The Bertz CT molecular complexity index is 667. The standard InChI is InChI=1S/C16H13BO3/c1-3-12-7-5-9-14(11-12)18-17-19-15-10-6-8-13(4-2)16(15)20-17/h3-11H,1-2H2. The van der Waals surface area contributed by atoms with Crippen molar-refractivity contribution in [1.82, 2.24) is 0 Å². The number of hydrogen-bond acceptors (Lipinski definition) is 3. The molecule has 0 radical (unpaired) electrons. The first-order valence-corrected chi connectivity index (χ1v) is 6.28. The van der Waals surface area contributed by atoms with Crippen molar-refractivity contribution in [1.29, 1.82) is 0 Å². The normalized spacial score (nSPS) is 12.1. The maximum atomic E-state index is 5.67. The molecule has 0 saturated heterocycles. The molecular formula is C16H13BO3. The molecule has 0 aromatic heterocycles. The lowest BCUT2D eigenvalue weighted by Gasteiger charge is -2.08. The van der Waals surface area contributed by atoms with Gasteiger partial charge >= 0.3 is 7.32 Å². The molecule has 0 spiro atoms. The van der Waals surface area contributed by atoms with Crippen LogP contribution < -0.4 is 14.0 Å². The van der Waals surface area contributed by atoms with Gasteiger partial charge in [0.1, 0.15) is 11.5 Å². The fourth-order valence-electron chi connectivity index (χ4n) is 2.01. The van der Waals surface area contributed by atoms with Crippen LogP contribution in [0.3, 0.4) is 0 Å². The minimum atomic E-state index is -0.786. The summed E-state index contributed by atoms with van der Waals surface area (Å²) >= 11 is 0. The molecule has 0 N–H and O–H groups in total. The number of para-hydroxylation sites is 1. The maximum Gasteiger partial charge on any atom is 0.864 e. The highest BCUT2D eigenvalue weighted by molar-refractivity contribution is 6.41. The maximum absolute atomic E-state index is 5.67. The van der Waals surface area contributed by atoms with Gasteiger partial charge < -0.3 is 14.0 Å². The Labute approximate surface area is 118 Å². The van der Waals surface area contributed by atoms with Crippen LogP contribution in [-0.2, 0) is 0 Å². The van der Waals surface area contributed by atoms with Crippen LogP contribution in [0.5, 0.6) is 17.2 Å². The Morgan fingerprint density at radius 2 is 1.85 bits per heavy atom. The number of hydrogen-bond donors (Lipinski definition) is 0. The molecule has 0 fully saturated rings. The topological polar surface area (TPSA) is 27.7 Å². The largest absolute Gasteiger partial charge is 0.864 e. The third-order valence-electron chi connectivity index (χ3n) is 2.99. The summed E-state index contributed by atoms with van der Waals surface area (Å²) < 4.78 is 16.9. The summed E-state index contributed by atoms with van der Waals surface area (Å²) in [6.07, 6.45) is 3.48. The molecule has 0 amide bonds. The van der Waals surface area contributed by atoms with Gasteiger partial charge in [-0.2, -0.15) is 0 Å². The van der Waals surface area contributed by atoms with Crippen molar-refractivity contribution in [3.05, 3.63) is 66.7 Å². The van der Waals surface area contributed by atoms with Crippen LogP contribution >= 0.6 is 0 Å². The van der Waals surface area contributed by atoms with Gasteiger partial charge in [-0.25, -0.2) is 0 Å². The van der Waals surface area contributed by atoms with Crippen molar-refractivity contribution in [3.63, 3.8) is 0 Å². The van der Waals surface area contributed by atoms with Crippen molar-refractivity contribution >= 4 is 19.5 Å². The average molecular weight is 264 g/mol. The van der Waals surface area contributed by atoms with E-state index in [1.165, 1.54) is 0 Å². The molecule has 0 atom stereocenters. The molecule has 0 bridgehead atoms. The lowest BCUT2D eigenvalue weighted by molar-refractivity contribution is 0.351. The summed E-state index contributed by atoms with van der Waals surface area (Å²) in [5, 5.41) is 0. The van der Waals surface area contributed by atoms with E-state index in [4.69, 9.17) is 14.0 Å². The zero-order chi connectivity index (χ0) is 13.9.